The fourth-order valence-corrected chi connectivity index (χ4v) is 2.36. The fraction of sp³-hybridized carbons (Fsp3) is 0.0625. The maximum absolute atomic E-state index is 12.6. The molecule has 110 valence electrons. The van der Waals surface area contributed by atoms with Crippen LogP contribution in [-0.2, 0) is 11.3 Å². The molecule has 3 rings (SSSR count). The van der Waals surface area contributed by atoms with Gasteiger partial charge >= 0.3 is 5.97 Å². The molecule has 2 aromatic carbocycles. The summed E-state index contributed by atoms with van der Waals surface area (Å²) in [5.74, 6) is -1.09. The molecule has 0 aliphatic rings. The minimum absolute atomic E-state index is 0.187. The van der Waals surface area contributed by atoms with Crippen LogP contribution in [0.5, 0.6) is 0 Å². The number of nitrogen functional groups attached to an aromatic ring is 1. The molecule has 0 atom stereocenters. The molecule has 0 radical (unpaired) electrons. The lowest BCUT2D eigenvalue weighted by molar-refractivity contribution is -0.137. The van der Waals surface area contributed by atoms with Crippen LogP contribution in [0.25, 0.3) is 22.3 Å². The van der Waals surface area contributed by atoms with E-state index in [0.717, 1.165) is 0 Å². The first-order chi connectivity index (χ1) is 10.6. The third-order valence-electron chi connectivity index (χ3n) is 3.31. The Balaban J connectivity index is 2.34. The van der Waals surface area contributed by atoms with Gasteiger partial charge in [0.1, 0.15) is 12.2 Å². The molecule has 3 aromatic rings. The Labute approximate surface area is 125 Å². The molecule has 1 heterocycles. The molecule has 0 amide bonds. The van der Waals surface area contributed by atoms with Crippen LogP contribution < -0.4 is 11.3 Å². The zero-order valence-corrected chi connectivity index (χ0v) is 11.6. The van der Waals surface area contributed by atoms with Gasteiger partial charge in [-0.1, -0.05) is 24.3 Å². The van der Waals surface area contributed by atoms with Crippen molar-refractivity contribution in [2.24, 2.45) is 0 Å². The van der Waals surface area contributed by atoms with Gasteiger partial charge in [0.2, 0.25) is 0 Å². The second-order valence-electron chi connectivity index (χ2n) is 4.86. The third-order valence-corrected chi connectivity index (χ3v) is 3.31. The number of carbonyl (C=O) groups is 1. The van der Waals surface area contributed by atoms with Crippen molar-refractivity contribution in [2.45, 2.75) is 6.54 Å². The van der Waals surface area contributed by atoms with E-state index in [9.17, 15) is 9.59 Å². The molecular weight excluding hydrogens is 282 g/mol. The smallest absolute Gasteiger partial charge is 0.323 e. The highest BCUT2D eigenvalue weighted by Crippen LogP contribution is 2.19. The number of hydrogen-bond donors (Lipinski definition) is 2. The van der Waals surface area contributed by atoms with Gasteiger partial charge in [0.15, 0.2) is 0 Å². The van der Waals surface area contributed by atoms with Gasteiger partial charge < -0.3 is 10.8 Å². The molecule has 0 bridgehead atoms. The lowest BCUT2D eigenvalue weighted by atomic mass is 10.1. The number of nitrogens with zero attached hydrogens (tertiary/aromatic N) is 2. The molecule has 0 aliphatic heterocycles. The Morgan fingerprint density at radius 3 is 2.68 bits per heavy atom. The molecule has 0 spiro atoms. The first-order valence-electron chi connectivity index (χ1n) is 6.63. The second-order valence-corrected chi connectivity index (χ2v) is 4.86. The molecule has 0 saturated heterocycles. The van der Waals surface area contributed by atoms with Crippen LogP contribution in [-0.4, -0.2) is 20.6 Å². The van der Waals surface area contributed by atoms with Crippen LogP contribution in [0.1, 0.15) is 0 Å². The highest BCUT2D eigenvalue weighted by atomic mass is 16.4. The van der Waals surface area contributed by atoms with Crippen LogP contribution in [0, 0.1) is 0 Å². The monoisotopic (exact) mass is 295 g/mol. The molecule has 1 aromatic heterocycles. The van der Waals surface area contributed by atoms with Crippen LogP contribution in [0.3, 0.4) is 0 Å². The Morgan fingerprint density at radius 2 is 1.95 bits per heavy atom. The van der Waals surface area contributed by atoms with E-state index in [2.05, 4.69) is 4.98 Å². The summed E-state index contributed by atoms with van der Waals surface area (Å²) in [5, 5.41) is 9.06. The van der Waals surface area contributed by atoms with Gasteiger partial charge in [0.05, 0.1) is 11.0 Å². The predicted octanol–water partition coefficient (Wildman–Crippen LogP) is 1.73. The zero-order chi connectivity index (χ0) is 15.7. The molecular formula is C16H13N3O3. The first kappa shape index (κ1) is 13.8. The second kappa shape index (κ2) is 5.33. The molecule has 0 unspecified atom stereocenters. The molecule has 3 N–H and O–H groups in total. The van der Waals surface area contributed by atoms with Crippen molar-refractivity contribution in [1.82, 2.24) is 9.55 Å². The summed E-state index contributed by atoms with van der Waals surface area (Å²) in [7, 11) is 0. The number of aromatic nitrogens is 2. The number of nitrogens with two attached hydrogens (primary N) is 1. The number of rotatable bonds is 3. The fourth-order valence-electron chi connectivity index (χ4n) is 2.36. The van der Waals surface area contributed by atoms with E-state index in [1.165, 1.54) is 4.57 Å². The number of hydrogen-bond acceptors (Lipinski definition) is 4. The van der Waals surface area contributed by atoms with Gasteiger partial charge in [-0.2, -0.15) is 0 Å². The van der Waals surface area contributed by atoms with Crippen LogP contribution in [0.4, 0.5) is 5.69 Å². The maximum Gasteiger partial charge on any atom is 0.323 e. The molecule has 6 heteroatoms. The number of carboxylic acids is 1. The Bertz CT molecular complexity index is 931. The highest BCUT2D eigenvalue weighted by molar-refractivity contribution is 5.80. The Kier molecular flexibility index (Phi) is 3.34. The lowest BCUT2D eigenvalue weighted by Gasteiger charge is -2.10. The topological polar surface area (TPSA) is 98.2 Å². The lowest BCUT2D eigenvalue weighted by Crippen LogP contribution is -2.27. The van der Waals surface area contributed by atoms with E-state index in [-0.39, 0.29) is 5.69 Å². The van der Waals surface area contributed by atoms with Crippen molar-refractivity contribution in [3.8, 4) is 11.3 Å². The average molecular weight is 295 g/mol. The maximum atomic E-state index is 12.6. The summed E-state index contributed by atoms with van der Waals surface area (Å²) in [6.45, 7) is -0.419. The minimum Gasteiger partial charge on any atom is -0.480 e. The number of aliphatic carboxylic acids is 1. The van der Waals surface area contributed by atoms with Gasteiger partial charge in [-0.15, -0.1) is 0 Å². The standard InChI is InChI=1S/C16H13N3O3/c17-11-5-3-4-10(8-11)15-16(22)19(9-14(20)21)13-7-2-1-6-12(13)18-15/h1-8H,9,17H2,(H,20,21). The van der Waals surface area contributed by atoms with Gasteiger partial charge in [-0.25, -0.2) is 4.98 Å². The summed E-state index contributed by atoms with van der Waals surface area (Å²) in [6.07, 6.45) is 0. The summed E-state index contributed by atoms with van der Waals surface area (Å²) in [4.78, 5) is 28.1. The number of fused-ring (bicyclic) bond motifs is 1. The summed E-state index contributed by atoms with van der Waals surface area (Å²) < 4.78 is 1.21. The summed E-state index contributed by atoms with van der Waals surface area (Å²) in [6, 6.07) is 13.7. The van der Waals surface area contributed by atoms with Gasteiger partial charge in [0.25, 0.3) is 5.56 Å². The van der Waals surface area contributed by atoms with Crippen molar-refractivity contribution in [3.05, 3.63) is 58.9 Å². The SMILES string of the molecule is Nc1cccc(-c2nc3ccccc3n(CC(=O)O)c2=O)c1. The first-order valence-corrected chi connectivity index (χ1v) is 6.63. The van der Waals surface area contributed by atoms with E-state index in [4.69, 9.17) is 10.8 Å². The van der Waals surface area contributed by atoms with Crippen molar-refractivity contribution in [2.75, 3.05) is 5.73 Å². The normalized spacial score (nSPS) is 10.7. The van der Waals surface area contributed by atoms with E-state index >= 15 is 0 Å². The van der Waals surface area contributed by atoms with E-state index < -0.39 is 18.1 Å². The minimum atomic E-state index is -1.09. The predicted molar refractivity (Wildman–Crippen MR) is 83.5 cm³/mol. The van der Waals surface area contributed by atoms with Crippen LogP contribution in [0.2, 0.25) is 0 Å². The van der Waals surface area contributed by atoms with Crippen molar-refractivity contribution in [1.29, 1.82) is 0 Å². The van der Waals surface area contributed by atoms with Crippen molar-refractivity contribution >= 4 is 22.7 Å². The molecule has 0 fully saturated rings. The van der Waals surface area contributed by atoms with Crippen molar-refractivity contribution < 1.29 is 9.90 Å². The van der Waals surface area contributed by atoms with E-state index in [0.29, 0.717) is 22.3 Å². The summed E-state index contributed by atoms with van der Waals surface area (Å²) >= 11 is 0. The largest absolute Gasteiger partial charge is 0.480 e. The number of anilines is 1. The molecule has 22 heavy (non-hydrogen) atoms. The quantitative estimate of drug-likeness (QED) is 0.717. The summed E-state index contributed by atoms with van der Waals surface area (Å²) in [5.41, 5.74) is 7.60. The van der Waals surface area contributed by atoms with Gasteiger partial charge in [-0.3, -0.25) is 14.2 Å². The Hall–Kier alpha value is -3.15. The molecule has 6 nitrogen and oxygen atoms in total. The highest BCUT2D eigenvalue weighted by Gasteiger charge is 2.14. The van der Waals surface area contributed by atoms with Crippen molar-refractivity contribution in [3.63, 3.8) is 0 Å². The van der Waals surface area contributed by atoms with Gasteiger partial charge in [0, 0.05) is 11.3 Å². The third kappa shape index (κ3) is 2.42. The average Bonchev–Trinajstić information content (AvgIpc) is 2.49. The molecule has 0 aliphatic carbocycles. The number of benzene rings is 2. The number of para-hydroxylation sites is 2. The van der Waals surface area contributed by atoms with E-state index in [1.807, 2.05) is 0 Å². The van der Waals surface area contributed by atoms with E-state index in [1.54, 1.807) is 48.5 Å². The van der Waals surface area contributed by atoms with Crippen LogP contribution >= 0.6 is 0 Å². The number of carboxylic acid groups (broad SMARTS) is 1. The Morgan fingerprint density at radius 1 is 1.18 bits per heavy atom. The van der Waals surface area contributed by atoms with Gasteiger partial charge in [-0.05, 0) is 24.3 Å². The zero-order valence-electron chi connectivity index (χ0n) is 11.6. The van der Waals surface area contributed by atoms with Crippen LogP contribution in [0.15, 0.2) is 53.3 Å². The molecule has 0 saturated carbocycles.